The van der Waals surface area contributed by atoms with E-state index in [2.05, 4.69) is 25.0 Å². The summed E-state index contributed by atoms with van der Waals surface area (Å²) in [7, 11) is 13.6. The summed E-state index contributed by atoms with van der Waals surface area (Å²) in [5, 5.41) is 10.4. The van der Waals surface area contributed by atoms with E-state index in [4.69, 9.17) is 30.9 Å². The Morgan fingerprint density at radius 2 is 1.87 bits per heavy atom. The van der Waals surface area contributed by atoms with Gasteiger partial charge in [0.2, 0.25) is 6.41 Å². The fourth-order valence-electron chi connectivity index (χ4n) is 3.68. The molecule has 1 fully saturated rings. The third-order valence-electron chi connectivity index (χ3n) is 6.82. The van der Waals surface area contributed by atoms with Gasteiger partial charge in [0, 0.05) is 32.2 Å². The number of nitrogens with two attached hydrogens (primary N) is 1. The summed E-state index contributed by atoms with van der Waals surface area (Å²) in [4.78, 5) is 26.1. The summed E-state index contributed by atoms with van der Waals surface area (Å²) in [6, 6.07) is 1.15. The molecule has 21 heteroatoms. The molecule has 0 spiro atoms. The molecule has 3 aromatic rings. The molecule has 1 aliphatic rings. The van der Waals surface area contributed by atoms with Crippen LogP contribution < -0.4 is 11.1 Å². The van der Waals surface area contributed by atoms with Crippen molar-refractivity contribution in [3.05, 3.63) is 41.6 Å². The number of ether oxygens (including phenoxy) is 2. The number of hydrogen-bond acceptors (Lipinski definition) is 10. The van der Waals surface area contributed by atoms with Crippen LogP contribution in [-0.4, -0.2) is 121 Å². The predicted octanol–water partition coefficient (Wildman–Crippen LogP) is 1.91. The molecule has 0 aromatic carbocycles. The molecular formula is C26H34B2F6N8O5. The van der Waals surface area contributed by atoms with Gasteiger partial charge in [0.25, 0.3) is 5.91 Å². The van der Waals surface area contributed by atoms with E-state index in [1.165, 1.54) is 14.2 Å². The van der Waals surface area contributed by atoms with Crippen LogP contribution in [-0.2, 0) is 20.7 Å². The summed E-state index contributed by atoms with van der Waals surface area (Å²) in [6.45, 7) is 2.24. The van der Waals surface area contributed by atoms with Crippen LogP contribution in [0.15, 0.2) is 29.2 Å². The first kappa shape index (κ1) is 39.5. The minimum absolute atomic E-state index is 0.0452. The normalized spacial score (nSPS) is 14.5. The van der Waals surface area contributed by atoms with Gasteiger partial charge in [0.15, 0.2) is 16.9 Å². The van der Waals surface area contributed by atoms with Crippen LogP contribution in [0.1, 0.15) is 54.5 Å². The number of amides is 2. The average molecular weight is 674 g/mol. The standard InChI is InChI=1S/C12H14F3N3O.C8H13B2F3N2O2.C6H7N3O2/c1-11(2,12(13,14)15)19-7-5-9-8-18-10(17-9)4-3-6-16-18;1-15(3-4-17-2)7(9,10)6(14-5-16)8(11,12)13;7-6(10)5-4(3-1-2-3)8-11-9-5/h3-4,6,8H,5,7H2,1-2H3;5-6H,3-4H2,1-2H3,(H,14,16);3H,1-2H2,(H2,7,10). The first-order valence-corrected chi connectivity index (χ1v) is 13.9. The highest BCUT2D eigenvalue weighted by molar-refractivity contribution is 6.40. The molecule has 0 bridgehead atoms. The lowest BCUT2D eigenvalue weighted by molar-refractivity contribution is -0.263. The topological polar surface area (TPSA) is 163 Å². The van der Waals surface area contributed by atoms with Crippen molar-refractivity contribution in [2.24, 2.45) is 5.73 Å². The third kappa shape index (κ3) is 11.5. The minimum atomic E-state index is -4.74. The molecule has 4 radical (unpaired) electrons. The number of fused-ring (bicyclic) bond motifs is 1. The number of carbonyl (C=O) groups excluding carboxylic acids is 2. The quantitative estimate of drug-likeness (QED) is 0.156. The number of carbonyl (C=O) groups is 2. The Labute approximate surface area is 268 Å². The van der Waals surface area contributed by atoms with Gasteiger partial charge < -0.3 is 25.4 Å². The second-order valence-corrected chi connectivity index (χ2v) is 10.9. The van der Waals surface area contributed by atoms with Gasteiger partial charge in [-0.15, -0.1) is 0 Å². The summed E-state index contributed by atoms with van der Waals surface area (Å²) < 4.78 is 91.2. The predicted molar refractivity (Wildman–Crippen MR) is 155 cm³/mol. The molecule has 2 amide bonds. The van der Waals surface area contributed by atoms with Crippen molar-refractivity contribution in [1.82, 2.24) is 35.1 Å². The van der Waals surface area contributed by atoms with E-state index in [1.807, 2.05) is 0 Å². The molecule has 0 aliphatic heterocycles. The molecule has 47 heavy (non-hydrogen) atoms. The lowest BCUT2D eigenvalue weighted by Gasteiger charge is -2.43. The highest BCUT2D eigenvalue weighted by Gasteiger charge is 2.50. The van der Waals surface area contributed by atoms with Crippen molar-refractivity contribution in [3.8, 4) is 0 Å². The molecule has 3 aromatic heterocycles. The molecule has 3 heterocycles. The number of likely N-dealkylation sites (N-methyl/N-ethyl adjacent to an activating group) is 1. The Hall–Kier alpha value is -3.71. The monoisotopic (exact) mass is 674 g/mol. The molecule has 4 rings (SSSR count). The Balaban J connectivity index is 0.000000253. The number of nitrogens with zero attached hydrogens (tertiary/aromatic N) is 6. The largest absolute Gasteiger partial charge is 0.416 e. The Kier molecular flexibility index (Phi) is 13.8. The van der Waals surface area contributed by atoms with Gasteiger partial charge >= 0.3 is 12.4 Å². The number of primary amides is 1. The van der Waals surface area contributed by atoms with Crippen molar-refractivity contribution in [2.45, 2.75) is 68.4 Å². The fraction of sp³-hybridized carbons (Fsp3) is 0.615. The summed E-state index contributed by atoms with van der Waals surface area (Å²) in [5.41, 5.74) is 4.99. The molecule has 1 atom stereocenters. The molecule has 3 N–H and O–H groups in total. The maximum Gasteiger partial charge on any atom is 0.416 e. The lowest BCUT2D eigenvalue weighted by Crippen LogP contribution is -2.67. The van der Waals surface area contributed by atoms with Gasteiger partial charge in [-0.3, -0.25) is 9.59 Å². The van der Waals surface area contributed by atoms with Crippen molar-refractivity contribution in [2.75, 3.05) is 33.9 Å². The minimum Gasteiger partial charge on any atom is -0.383 e. The van der Waals surface area contributed by atoms with Crippen molar-refractivity contribution in [3.63, 3.8) is 0 Å². The summed E-state index contributed by atoms with van der Waals surface area (Å²) >= 11 is 0. The molecule has 256 valence electrons. The van der Waals surface area contributed by atoms with Gasteiger partial charge in [-0.25, -0.2) is 14.1 Å². The first-order chi connectivity index (χ1) is 21.8. The van der Waals surface area contributed by atoms with Crippen LogP contribution in [0.2, 0.25) is 0 Å². The van der Waals surface area contributed by atoms with Crippen molar-refractivity contribution < 1.29 is 50.0 Å². The SMILES string of the molecule is CC(C)(OCCc1cn2ncccc2n1)C(F)(F)F.NC(=O)c1nonc1C1CC1.[B]C([B])(C(NC=O)C(F)(F)F)N(C)CCOC. The number of halogens is 6. The third-order valence-corrected chi connectivity index (χ3v) is 6.82. The highest BCUT2D eigenvalue weighted by atomic mass is 19.4. The Bertz CT molecular complexity index is 1400. The van der Waals surface area contributed by atoms with Crippen molar-refractivity contribution >= 4 is 33.7 Å². The van der Waals surface area contributed by atoms with E-state index < -0.39 is 35.2 Å². The fourth-order valence-corrected chi connectivity index (χ4v) is 3.68. The zero-order valence-electron chi connectivity index (χ0n) is 26.0. The molecule has 13 nitrogen and oxygen atoms in total. The number of aromatic nitrogens is 5. The summed E-state index contributed by atoms with van der Waals surface area (Å²) in [5.74, 6) is -0.211. The van der Waals surface area contributed by atoms with E-state index in [0.717, 1.165) is 31.6 Å². The highest BCUT2D eigenvalue weighted by Crippen LogP contribution is 2.40. The van der Waals surface area contributed by atoms with Gasteiger partial charge in [-0.2, -0.15) is 31.4 Å². The van der Waals surface area contributed by atoms with Gasteiger partial charge in [-0.1, -0.05) is 5.16 Å². The van der Waals surface area contributed by atoms with Crippen LogP contribution in [0.4, 0.5) is 26.3 Å². The second-order valence-electron chi connectivity index (χ2n) is 10.9. The molecule has 1 unspecified atom stereocenters. The number of imidazole rings is 1. The molecule has 1 saturated carbocycles. The average Bonchev–Trinajstić information content (AvgIpc) is 3.53. The zero-order valence-corrected chi connectivity index (χ0v) is 26.0. The smallest absolute Gasteiger partial charge is 0.383 e. The lowest BCUT2D eigenvalue weighted by atomic mass is 9.56. The maximum atomic E-state index is 12.6. The number of alkyl halides is 6. The zero-order chi connectivity index (χ0) is 35.6. The van der Waals surface area contributed by atoms with Crippen LogP contribution in [0, 0.1) is 0 Å². The van der Waals surface area contributed by atoms with Crippen LogP contribution >= 0.6 is 0 Å². The second kappa shape index (κ2) is 16.4. The van der Waals surface area contributed by atoms with E-state index in [0.29, 0.717) is 29.4 Å². The van der Waals surface area contributed by atoms with Crippen LogP contribution in [0.5, 0.6) is 0 Å². The van der Waals surface area contributed by atoms with E-state index in [1.54, 1.807) is 34.4 Å². The molecular weight excluding hydrogens is 640 g/mol. The van der Waals surface area contributed by atoms with Gasteiger partial charge in [0.05, 0.1) is 40.8 Å². The van der Waals surface area contributed by atoms with E-state index in [-0.39, 0.29) is 31.9 Å². The van der Waals surface area contributed by atoms with E-state index >= 15 is 0 Å². The Morgan fingerprint density at radius 3 is 2.38 bits per heavy atom. The van der Waals surface area contributed by atoms with Crippen LogP contribution in [0.3, 0.4) is 0 Å². The maximum absolute atomic E-state index is 12.6. The number of methoxy groups -OCH3 is 1. The van der Waals surface area contributed by atoms with Crippen LogP contribution in [0.25, 0.3) is 5.65 Å². The number of nitrogens with one attached hydrogen (secondary N) is 1. The molecule has 1 aliphatic carbocycles. The van der Waals surface area contributed by atoms with E-state index in [9.17, 15) is 35.9 Å². The summed E-state index contributed by atoms with van der Waals surface area (Å²) in [6.07, 6.45) is -3.51. The Morgan fingerprint density at radius 1 is 1.21 bits per heavy atom. The van der Waals surface area contributed by atoms with Crippen molar-refractivity contribution in [1.29, 1.82) is 0 Å². The van der Waals surface area contributed by atoms with Gasteiger partial charge in [0.1, 0.15) is 11.7 Å². The first-order valence-electron chi connectivity index (χ1n) is 13.9. The molecule has 0 saturated heterocycles. The number of rotatable bonds is 13. The van der Waals surface area contributed by atoms with Gasteiger partial charge in [-0.05, 0) is 56.4 Å². The number of hydrogen-bond donors (Lipinski definition) is 2.